The van der Waals surface area contributed by atoms with Crippen LogP contribution in [-0.4, -0.2) is 29.2 Å². The van der Waals surface area contributed by atoms with Crippen LogP contribution in [0.25, 0.3) is 0 Å². The maximum Gasteiger partial charge on any atom is 0.161 e. The minimum Gasteiger partial charge on any atom is -0.392 e. The van der Waals surface area contributed by atoms with Crippen molar-refractivity contribution in [2.24, 2.45) is 22.7 Å². The van der Waals surface area contributed by atoms with E-state index in [2.05, 4.69) is 33.4 Å². The quantitative estimate of drug-likeness (QED) is 0.777. The van der Waals surface area contributed by atoms with Gasteiger partial charge in [-0.1, -0.05) is 37.1 Å². The zero-order valence-corrected chi connectivity index (χ0v) is 14.8. The zero-order valence-electron chi connectivity index (χ0n) is 14.8. The highest BCUT2D eigenvalue weighted by Gasteiger charge is 2.64. The van der Waals surface area contributed by atoms with Gasteiger partial charge >= 0.3 is 0 Å². The van der Waals surface area contributed by atoms with Crippen molar-refractivity contribution >= 4 is 0 Å². The molecule has 23 heavy (non-hydrogen) atoms. The molecule has 3 heteroatoms. The monoisotopic (exact) mass is 320 g/mol. The molecular weight excluding hydrogens is 288 g/mol. The predicted octanol–water partition coefficient (Wildman–Crippen LogP) is 3.81. The molecule has 3 nitrogen and oxygen atoms in total. The molecule has 2 unspecified atom stereocenters. The largest absolute Gasteiger partial charge is 0.392 e. The smallest absolute Gasteiger partial charge is 0.161 e. The summed E-state index contributed by atoms with van der Waals surface area (Å²) in [6, 6.07) is 0. The van der Waals surface area contributed by atoms with Crippen LogP contribution in [0.5, 0.6) is 0 Å². The van der Waals surface area contributed by atoms with Gasteiger partial charge in [0.1, 0.15) is 0 Å². The van der Waals surface area contributed by atoms with Crippen LogP contribution in [0.1, 0.15) is 59.3 Å². The Morgan fingerprint density at radius 2 is 2.17 bits per heavy atom. The topological polar surface area (TPSA) is 49.7 Å². The fraction of sp³-hybridized carbons (Fsp3) is 0.800. The van der Waals surface area contributed by atoms with Crippen LogP contribution < -0.4 is 0 Å². The van der Waals surface area contributed by atoms with E-state index in [0.717, 1.165) is 32.1 Å². The lowest BCUT2D eigenvalue weighted by Gasteiger charge is -2.59. The Morgan fingerprint density at radius 1 is 1.43 bits per heavy atom. The summed E-state index contributed by atoms with van der Waals surface area (Å²) in [4.78, 5) is 0. The Morgan fingerprint density at radius 3 is 2.87 bits per heavy atom. The van der Waals surface area contributed by atoms with Crippen LogP contribution in [-0.2, 0) is 4.74 Å². The standard InChI is InChI=1S/C20H32O3/c1-13(2)6-9-17(21)19(4)10-5-11-20-15(12-23-18(20)22)14(3)7-8-16(19)20/h6,15-18,21-22H,3,5,7-12H2,1-2,4H3/t15?,16-,17?,18-,19+,20-/m0/s1. The van der Waals surface area contributed by atoms with Crippen molar-refractivity contribution in [2.45, 2.75) is 71.7 Å². The van der Waals surface area contributed by atoms with Gasteiger partial charge in [0, 0.05) is 11.3 Å². The maximum atomic E-state index is 11.0. The molecule has 2 aliphatic carbocycles. The molecular formula is C20H32O3. The van der Waals surface area contributed by atoms with Crippen LogP contribution in [0, 0.1) is 22.7 Å². The van der Waals surface area contributed by atoms with Crippen molar-refractivity contribution in [2.75, 3.05) is 6.61 Å². The van der Waals surface area contributed by atoms with Gasteiger partial charge in [-0.15, -0.1) is 0 Å². The molecule has 1 heterocycles. The summed E-state index contributed by atoms with van der Waals surface area (Å²) < 4.78 is 5.70. The first kappa shape index (κ1) is 17.2. The first-order valence-electron chi connectivity index (χ1n) is 9.11. The van der Waals surface area contributed by atoms with E-state index in [1.165, 1.54) is 11.1 Å². The summed E-state index contributed by atoms with van der Waals surface area (Å²) in [5, 5.41) is 21.7. The van der Waals surface area contributed by atoms with E-state index >= 15 is 0 Å². The Bertz CT molecular complexity index is 507. The second-order valence-electron chi connectivity index (χ2n) is 8.49. The average Bonchev–Trinajstić information content (AvgIpc) is 2.83. The fourth-order valence-corrected chi connectivity index (χ4v) is 5.74. The van der Waals surface area contributed by atoms with E-state index in [9.17, 15) is 10.2 Å². The van der Waals surface area contributed by atoms with E-state index in [1.54, 1.807) is 0 Å². The van der Waals surface area contributed by atoms with Crippen LogP contribution >= 0.6 is 0 Å². The third-order valence-corrected chi connectivity index (χ3v) is 7.06. The van der Waals surface area contributed by atoms with Gasteiger partial charge in [0.15, 0.2) is 6.29 Å². The van der Waals surface area contributed by atoms with Crippen molar-refractivity contribution in [3.8, 4) is 0 Å². The molecule has 0 amide bonds. The SMILES string of the molecule is C=C1CC[C@@H]2[C@]3(CCC[C@@]2(C)C(O)CC=C(C)C)C1CO[C@@H]3O. The maximum absolute atomic E-state index is 11.0. The summed E-state index contributed by atoms with van der Waals surface area (Å²) in [5.41, 5.74) is 2.10. The van der Waals surface area contributed by atoms with Crippen LogP contribution in [0.2, 0.25) is 0 Å². The van der Waals surface area contributed by atoms with Crippen LogP contribution in [0.3, 0.4) is 0 Å². The Hall–Kier alpha value is -0.640. The van der Waals surface area contributed by atoms with Crippen molar-refractivity contribution in [3.05, 3.63) is 23.8 Å². The van der Waals surface area contributed by atoms with E-state index in [1.807, 2.05) is 0 Å². The molecule has 0 aromatic carbocycles. The molecule has 3 aliphatic rings. The third kappa shape index (κ3) is 2.52. The van der Waals surface area contributed by atoms with E-state index in [0.29, 0.717) is 18.9 Å². The summed E-state index contributed by atoms with van der Waals surface area (Å²) in [5.74, 6) is 0.559. The van der Waals surface area contributed by atoms with Gasteiger partial charge in [-0.3, -0.25) is 0 Å². The Balaban J connectivity index is 1.94. The van der Waals surface area contributed by atoms with Crippen molar-refractivity contribution in [1.29, 1.82) is 0 Å². The van der Waals surface area contributed by atoms with Gasteiger partial charge in [0.05, 0.1) is 12.7 Å². The minimum absolute atomic E-state index is 0.155. The molecule has 6 atom stereocenters. The number of aliphatic hydroxyl groups is 2. The van der Waals surface area contributed by atoms with Crippen molar-refractivity contribution in [1.82, 2.24) is 0 Å². The molecule has 0 bridgehead atoms. The molecule has 1 spiro atoms. The van der Waals surface area contributed by atoms with Crippen LogP contribution in [0.4, 0.5) is 0 Å². The summed E-state index contributed by atoms with van der Waals surface area (Å²) in [7, 11) is 0. The van der Waals surface area contributed by atoms with Gasteiger partial charge < -0.3 is 14.9 Å². The Labute approximate surface area is 140 Å². The zero-order chi connectivity index (χ0) is 16.8. The summed E-state index contributed by atoms with van der Waals surface area (Å²) >= 11 is 0. The number of allylic oxidation sites excluding steroid dienone is 1. The summed E-state index contributed by atoms with van der Waals surface area (Å²) in [6.07, 6.45) is 6.85. The number of ether oxygens (including phenoxy) is 1. The molecule has 130 valence electrons. The second-order valence-corrected chi connectivity index (χ2v) is 8.49. The van der Waals surface area contributed by atoms with Gasteiger partial charge in [0.2, 0.25) is 0 Å². The fourth-order valence-electron chi connectivity index (χ4n) is 5.74. The van der Waals surface area contributed by atoms with E-state index in [4.69, 9.17) is 4.74 Å². The lowest BCUT2D eigenvalue weighted by Crippen LogP contribution is -2.58. The van der Waals surface area contributed by atoms with Gasteiger partial charge in [-0.05, 0) is 57.3 Å². The second kappa shape index (κ2) is 6.02. The number of rotatable bonds is 3. The van der Waals surface area contributed by atoms with E-state index in [-0.39, 0.29) is 22.9 Å². The third-order valence-electron chi connectivity index (χ3n) is 7.06. The first-order chi connectivity index (χ1) is 10.8. The highest BCUT2D eigenvalue weighted by Crippen LogP contribution is 2.65. The first-order valence-corrected chi connectivity index (χ1v) is 9.11. The molecule has 0 aromatic rings. The Kier molecular flexibility index (Phi) is 4.50. The van der Waals surface area contributed by atoms with Crippen LogP contribution in [0.15, 0.2) is 23.8 Å². The lowest BCUT2D eigenvalue weighted by molar-refractivity contribution is -0.199. The van der Waals surface area contributed by atoms with Crippen molar-refractivity contribution < 1.29 is 14.9 Å². The van der Waals surface area contributed by atoms with Gasteiger partial charge in [0.25, 0.3) is 0 Å². The molecule has 1 saturated heterocycles. The highest BCUT2D eigenvalue weighted by atomic mass is 16.6. The highest BCUT2D eigenvalue weighted by molar-refractivity contribution is 5.21. The van der Waals surface area contributed by atoms with Gasteiger partial charge in [-0.25, -0.2) is 0 Å². The molecule has 2 saturated carbocycles. The summed E-state index contributed by atoms with van der Waals surface area (Å²) in [6.45, 7) is 11.2. The lowest BCUT2D eigenvalue weighted by atomic mass is 9.45. The average molecular weight is 320 g/mol. The predicted molar refractivity (Wildman–Crippen MR) is 91.8 cm³/mol. The molecule has 3 rings (SSSR count). The molecule has 3 fully saturated rings. The normalized spacial score (nSPS) is 44.4. The molecule has 1 aliphatic heterocycles. The molecule has 0 aromatic heterocycles. The number of hydrogen-bond donors (Lipinski definition) is 2. The molecule has 2 N–H and O–H groups in total. The molecule has 0 radical (unpaired) electrons. The van der Waals surface area contributed by atoms with E-state index < -0.39 is 6.29 Å². The van der Waals surface area contributed by atoms with Crippen molar-refractivity contribution in [3.63, 3.8) is 0 Å². The number of hydrogen-bond acceptors (Lipinski definition) is 3. The van der Waals surface area contributed by atoms with Gasteiger partial charge in [-0.2, -0.15) is 0 Å². The minimum atomic E-state index is -0.704. The number of aliphatic hydroxyl groups excluding tert-OH is 2.